The van der Waals surface area contributed by atoms with Gasteiger partial charge in [-0.25, -0.2) is 13.2 Å². The minimum absolute atomic E-state index is 0.0275. The summed E-state index contributed by atoms with van der Waals surface area (Å²) in [5.74, 6) is -0.668. The topological polar surface area (TPSA) is 50.7 Å². The van der Waals surface area contributed by atoms with Crippen LogP contribution in [0.25, 0.3) is 10.9 Å². The minimum Gasteiger partial charge on any atom is -0.461 e. The van der Waals surface area contributed by atoms with Gasteiger partial charge in [0, 0.05) is 37.2 Å². The highest BCUT2D eigenvalue weighted by Crippen LogP contribution is 2.42. The van der Waals surface area contributed by atoms with Gasteiger partial charge in [0.2, 0.25) is 0 Å². The number of rotatable bonds is 3. The van der Waals surface area contributed by atoms with Crippen molar-refractivity contribution in [2.24, 2.45) is 0 Å². The maximum absolute atomic E-state index is 15.3. The summed E-state index contributed by atoms with van der Waals surface area (Å²) in [6, 6.07) is 0.0994. The second-order valence-corrected chi connectivity index (χ2v) is 9.96. The number of ether oxygens (including phenoxy) is 2. The summed E-state index contributed by atoms with van der Waals surface area (Å²) in [4.78, 5) is 13.4. The maximum Gasteiger partial charge on any atom is 0.319 e. The number of alkyl halides is 1. The summed E-state index contributed by atoms with van der Waals surface area (Å²) < 4.78 is 56.5. The van der Waals surface area contributed by atoms with Gasteiger partial charge in [0.25, 0.3) is 0 Å². The van der Waals surface area contributed by atoms with Crippen molar-refractivity contribution in [1.82, 2.24) is 14.9 Å². The van der Waals surface area contributed by atoms with Crippen LogP contribution in [-0.2, 0) is 11.2 Å². The molecule has 33 heavy (non-hydrogen) atoms. The second-order valence-electron chi connectivity index (χ2n) is 9.96. The molecule has 3 saturated heterocycles. The van der Waals surface area contributed by atoms with Crippen molar-refractivity contribution in [3.8, 4) is 6.01 Å². The average Bonchev–Trinajstić information content (AvgIpc) is 3.14. The Bertz CT molecular complexity index is 1100. The molecular weight excluding hydrogens is 433 g/mol. The van der Waals surface area contributed by atoms with Crippen LogP contribution in [0.15, 0.2) is 0 Å². The molecule has 6 nitrogen and oxygen atoms in total. The SMILES string of the molecule is Cc1c(F)c2c3c(nc(OC[C@@]45CCCN4C[C@H](F)C5)nc3c1F)N1CCCOC[C@@H]1CC2. The molecule has 0 unspecified atom stereocenters. The summed E-state index contributed by atoms with van der Waals surface area (Å²) >= 11 is 0. The lowest BCUT2D eigenvalue weighted by Crippen LogP contribution is -2.43. The Morgan fingerprint density at radius 3 is 2.94 bits per heavy atom. The first-order valence-electron chi connectivity index (χ1n) is 12.0. The molecule has 178 valence electrons. The molecule has 0 saturated carbocycles. The van der Waals surface area contributed by atoms with Gasteiger partial charge in [0.15, 0.2) is 5.82 Å². The predicted octanol–water partition coefficient (Wildman–Crippen LogP) is 3.71. The van der Waals surface area contributed by atoms with Crippen LogP contribution in [0, 0.1) is 18.6 Å². The zero-order valence-electron chi connectivity index (χ0n) is 18.9. The molecule has 3 atom stereocenters. The van der Waals surface area contributed by atoms with Crippen LogP contribution in [-0.4, -0.2) is 72.1 Å². The van der Waals surface area contributed by atoms with Crippen molar-refractivity contribution in [2.45, 2.75) is 63.2 Å². The fourth-order valence-electron chi connectivity index (χ4n) is 6.29. The Morgan fingerprint density at radius 2 is 2.06 bits per heavy atom. The van der Waals surface area contributed by atoms with Crippen molar-refractivity contribution in [1.29, 1.82) is 0 Å². The predicted molar refractivity (Wildman–Crippen MR) is 118 cm³/mol. The van der Waals surface area contributed by atoms with E-state index in [2.05, 4.69) is 14.8 Å². The van der Waals surface area contributed by atoms with Gasteiger partial charge in [-0.05, 0) is 45.6 Å². The number of hydrogen-bond acceptors (Lipinski definition) is 6. The van der Waals surface area contributed by atoms with E-state index in [1.807, 2.05) is 0 Å². The van der Waals surface area contributed by atoms with Crippen LogP contribution in [0.2, 0.25) is 0 Å². The lowest BCUT2D eigenvalue weighted by Gasteiger charge is -2.31. The first kappa shape index (κ1) is 21.4. The molecule has 6 rings (SSSR count). The van der Waals surface area contributed by atoms with Crippen LogP contribution in [0.1, 0.15) is 43.2 Å². The highest BCUT2D eigenvalue weighted by molar-refractivity contribution is 5.94. The number of fused-ring (bicyclic) bond motifs is 3. The van der Waals surface area contributed by atoms with Crippen molar-refractivity contribution in [3.63, 3.8) is 0 Å². The van der Waals surface area contributed by atoms with Crippen LogP contribution >= 0.6 is 0 Å². The Hall–Kier alpha value is -2.13. The van der Waals surface area contributed by atoms with Gasteiger partial charge in [0.05, 0.1) is 23.6 Å². The number of anilines is 1. The highest BCUT2D eigenvalue weighted by atomic mass is 19.1. The standard InChI is InChI=1S/C24H29F3N4O2/c1-14-19(26)17-5-4-16-12-32-9-3-8-31(16)22-18(17)21(20(14)27)28-23(29-22)33-13-24-6-2-7-30(24)11-15(25)10-24/h15-16H,2-13H2,1H3/t15-,16+,24+/m1/s1. The average molecular weight is 463 g/mol. The quantitative estimate of drug-likeness (QED) is 0.693. The molecule has 2 aromatic rings. The molecule has 1 aromatic carbocycles. The molecule has 9 heteroatoms. The van der Waals surface area contributed by atoms with E-state index in [0.29, 0.717) is 62.3 Å². The zero-order chi connectivity index (χ0) is 22.7. The molecular formula is C24H29F3N4O2. The monoisotopic (exact) mass is 462 g/mol. The summed E-state index contributed by atoms with van der Waals surface area (Å²) in [6.07, 6.45) is 3.41. The fourth-order valence-corrected chi connectivity index (χ4v) is 6.29. The van der Waals surface area contributed by atoms with Gasteiger partial charge in [0.1, 0.15) is 29.9 Å². The highest BCUT2D eigenvalue weighted by Gasteiger charge is 2.49. The third-order valence-electron chi connectivity index (χ3n) is 7.97. The van der Waals surface area contributed by atoms with Gasteiger partial charge in [-0.3, -0.25) is 4.90 Å². The maximum atomic E-state index is 15.3. The molecule has 4 aliphatic heterocycles. The number of halogens is 3. The van der Waals surface area contributed by atoms with E-state index in [4.69, 9.17) is 14.5 Å². The van der Waals surface area contributed by atoms with E-state index < -0.39 is 17.8 Å². The van der Waals surface area contributed by atoms with E-state index in [0.717, 1.165) is 25.8 Å². The molecule has 3 fully saturated rings. The van der Waals surface area contributed by atoms with Crippen molar-refractivity contribution >= 4 is 16.7 Å². The van der Waals surface area contributed by atoms with Crippen LogP contribution in [0.5, 0.6) is 6.01 Å². The van der Waals surface area contributed by atoms with Gasteiger partial charge in [-0.1, -0.05) is 0 Å². The number of hydrogen-bond donors (Lipinski definition) is 0. The van der Waals surface area contributed by atoms with Crippen LogP contribution in [0.4, 0.5) is 19.0 Å². The number of aromatic nitrogens is 2. The van der Waals surface area contributed by atoms with Gasteiger partial charge in [-0.15, -0.1) is 0 Å². The summed E-state index contributed by atoms with van der Waals surface area (Å²) in [5, 5.41) is 0.442. The first-order chi connectivity index (χ1) is 16.0. The minimum atomic E-state index is -0.862. The largest absolute Gasteiger partial charge is 0.461 e. The summed E-state index contributed by atoms with van der Waals surface area (Å²) in [7, 11) is 0. The molecule has 0 aliphatic carbocycles. The van der Waals surface area contributed by atoms with Crippen molar-refractivity contribution < 1.29 is 22.6 Å². The lowest BCUT2D eigenvalue weighted by molar-refractivity contribution is 0.107. The normalized spacial score (nSPS) is 29.6. The molecule has 0 spiro atoms. The Kier molecular flexibility index (Phi) is 5.17. The van der Waals surface area contributed by atoms with Crippen LogP contribution < -0.4 is 9.64 Å². The van der Waals surface area contributed by atoms with Crippen LogP contribution in [0.3, 0.4) is 0 Å². The van der Waals surface area contributed by atoms with E-state index >= 15 is 8.78 Å². The van der Waals surface area contributed by atoms with E-state index in [1.54, 1.807) is 0 Å². The molecule has 1 aromatic heterocycles. The first-order valence-corrected chi connectivity index (χ1v) is 12.0. The molecule has 0 radical (unpaired) electrons. The fraction of sp³-hybridized carbons (Fsp3) is 0.667. The Labute approximate surface area is 191 Å². The molecule has 5 heterocycles. The summed E-state index contributed by atoms with van der Waals surface area (Å²) in [6.45, 7) is 4.86. The van der Waals surface area contributed by atoms with E-state index in [-0.39, 0.29) is 35.3 Å². The molecule has 0 amide bonds. The third-order valence-corrected chi connectivity index (χ3v) is 7.97. The molecule has 0 N–H and O–H groups in total. The van der Waals surface area contributed by atoms with Gasteiger partial charge in [-0.2, -0.15) is 9.97 Å². The van der Waals surface area contributed by atoms with Gasteiger partial charge < -0.3 is 14.4 Å². The van der Waals surface area contributed by atoms with E-state index in [1.165, 1.54) is 6.92 Å². The Morgan fingerprint density at radius 1 is 1.18 bits per heavy atom. The van der Waals surface area contributed by atoms with Crippen molar-refractivity contribution in [3.05, 3.63) is 22.8 Å². The van der Waals surface area contributed by atoms with Crippen molar-refractivity contribution in [2.75, 3.05) is 44.4 Å². The second kappa shape index (κ2) is 7.98. The Balaban J connectivity index is 1.44. The number of nitrogens with zero attached hydrogens (tertiary/aromatic N) is 4. The lowest BCUT2D eigenvalue weighted by atomic mass is 9.95. The zero-order valence-corrected chi connectivity index (χ0v) is 18.9. The van der Waals surface area contributed by atoms with E-state index in [9.17, 15) is 4.39 Å². The number of benzene rings is 1. The molecule has 0 bridgehead atoms. The smallest absolute Gasteiger partial charge is 0.319 e. The number of aryl methyl sites for hydroxylation is 1. The summed E-state index contributed by atoms with van der Waals surface area (Å²) in [5.41, 5.74) is 0.186. The van der Waals surface area contributed by atoms with Gasteiger partial charge >= 0.3 is 6.01 Å². The third kappa shape index (κ3) is 3.38. The molecule has 4 aliphatic rings.